The minimum absolute atomic E-state index is 0.0558. The Balaban J connectivity index is 4.24. The number of aliphatic hydroxyl groups is 4. The predicted octanol–water partition coefficient (Wildman–Crippen LogP) is -2.67. The standard InChI is InChI=1S/C9H15NO5/c1-2-3-4-5(11)6(12)7(13)8(14)9(10)15/h1,5-8,11-14H,3-4H2,(H2,10,15). The van der Waals surface area contributed by atoms with Gasteiger partial charge in [-0.3, -0.25) is 4.79 Å². The number of carbonyl (C=O) groups excluding carboxylic acids is 1. The average molecular weight is 217 g/mol. The molecule has 0 aliphatic rings. The third-order valence-corrected chi connectivity index (χ3v) is 1.94. The number of nitrogens with two attached hydrogens (primary N) is 1. The first-order valence-electron chi connectivity index (χ1n) is 4.36. The lowest BCUT2D eigenvalue weighted by atomic mass is 9.99. The van der Waals surface area contributed by atoms with Gasteiger partial charge >= 0.3 is 0 Å². The summed E-state index contributed by atoms with van der Waals surface area (Å²) in [6, 6.07) is 0. The Morgan fingerprint density at radius 3 is 2.20 bits per heavy atom. The first kappa shape index (κ1) is 13.9. The van der Waals surface area contributed by atoms with E-state index in [9.17, 15) is 20.1 Å². The molecule has 1 amide bonds. The highest BCUT2D eigenvalue weighted by Gasteiger charge is 2.32. The van der Waals surface area contributed by atoms with Gasteiger partial charge in [-0.2, -0.15) is 0 Å². The van der Waals surface area contributed by atoms with Crippen LogP contribution in [0.25, 0.3) is 0 Å². The summed E-state index contributed by atoms with van der Waals surface area (Å²) in [6.07, 6.45) is -1.53. The minimum atomic E-state index is -1.92. The zero-order chi connectivity index (χ0) is 12.0. The fraction of sp³-hybridized carbons (Fsp3) is 0.667. The van der Waals surface area contributed by atoms with E-state index in [1.807, 2.05) is 0 Å². The molecule has 0 aliphatic carbocycles. The highest BCUT2D eigenvalue weighted by molar-refractivity contribution is 5.79. The molecule has 0 fully saturated rings. The van der Waals surface area contributed by atoms with Crippen molar-refractivity contribution >= 4 is 5.91 Å². The summed E-state index contributed by atoms with van der Waals surface area (Å²) in [5.41, 5.74) is 4.70. The zero-order valence-electron chi connectivity index (χ0n) is 8.08. The van der Waals surface area contributed by atoms with Gasteiger partial charge in [-0.05, 0) is 6.42 Å². The predicted molar refractivity (Wildman–Crippen MR) is 51.3 cm³/mol. The van der Waals surface area contributed by atoms with E-state index in [4.69, 9.17) is 17.3 Å². The molecule has 0 aromatic rings. The molecule has 0 aromatic heterocycles. The van der Waals surface area contributed by atoms with Gasteiger partial charge in [0, 0.05) is 6.42 Å². The van der Waals surface area contributed by atoms with E-state index in [2.05, 4.69) is 5.92 Å². The topological polar surface area (TPSA) is 124 Å². The van der Waals surface area contributed by atoms with Crippen LogP contribution in [0.15, 0.2) is 0 Å². The maximum atomic E-state index is 10.5. The Labute approximate surface area is 87.3 Å². The molecule has 6 nitrogen and oxygen atoms in total. The van der Waals surface area contributed by atoms with Gasteiger partial charge in [-0.25, -0.2) is 0 Å². The molecule has 0 saturated carbocycles. The van der Waals surface area contributed by atoms with Crippen molar-refractivity contribution in [3.8, 4) is 12.3 Å². The highest BCUT2D eigenvalue weighted by Crippen LogP contribution is 2.09. The number of hydrogen-bond acceptors (Lipinski definition) is 5. The van der Waals surface area contributed by atoms with Gasteiger partial charge < -0.3 is 26.2 Å². The molecule has 0 aliphatic heterocycles. The monoisotopic (exact) mass is 217 g/mol. The molecular formula is C9H15NO5. The molecule has 0 spiro atoms. The molecule has 0 radical (unpaired) electrons. The average Bonchev–Trinajstić information content (AvgIpc) is 2.22. The summed E-state index contributed by atoms with van der Waals surface area (Å²) in [7, 11) is 0. The lowest BCUT2D eigenvalue weighted by Gasteiger charge is -2.24. The molecule has 6 N–H and O–H groups in total. The molecule has 0 rings (SSSR count). The van der Waals surface area contributed by atoms with Crippen molar-refractivity contribution in [1.29, 1.82) is 0 Å². The van der Waals surface area contributed by atoms with Gasteiger partial charge in [0.1, 0.15) is 12.2 Å². The van der Waals surface area contributed by atoms with Crippen molar-refractivity contribution in [3.05, 3.63) is 0 Å². The molecule has 0 heterocycles. The van der Waals surface area contributed by atoms with Gasteiger partial charge in [0.05, 0.1) is 6.10 Å². The van der Waals surface area contributed by atoms with Crippen LogP contribution < -0.4 is 5.73 Å². The number of primary amides is 1. The molecule has 86 valence electrons. The van der Waals surface area contributed by atoms with Crippen molar-refractivity contribution in [2.24, 2.45) is 5.73 Å². The molecule has 0 bridgehead atoms. The third kappa shape index (κ3) is 4.27. The molecule has 0 aromatic carbocycles. The Morgan fingerprint density at radius 2 is 1.80 bits per heavy atom. The van der Waals surface area contributed by atoms with Crippen molar-refractivity contribution in [2.75, 3.05) is 0 Å². The van der Waals surface area contributed by atoms with Gasteiger partial charge in [-0.15, -0.1) is 12.3 Å². The Kier molecular flexibility index (Phi) is 5.89. The van der Waals surface area contributed by atoms with Crippen LogP contribution >= 0.6 is 0 Å². The normalized spacial score (nSPS) is 18.6. The molecule has 4 atom stereocenters. The Morgan fingerprint density at radius 1 is 1.27 bits per heavy atom. The largest absolute Gasteiger partial charge is 0.390 e. The summed E-state index contributed by atoms with van der Waals surface area (Å²) in [5, 5.41) is 36.8. The Hall–Kier alpha value is -1.13. The van der Waals surface area contributed by atoms with Crippen LogP contribution in [-0.4, -0.2) is 50.7 Å². The number of rotatable bonds is 6. The molecule has 0 saturated heterocycles. The molecule has 6 heteroatoms. The summed E-state index contributed by atoms with van der Waals surface area (Å²) < 4.78 is 0. The fourth-order valence-electron chi connectivity index (χ4n) is 0.985. The maximum Gasteiger partial charge on any atom is 0.249 e. The van der Waals surface area contributed by atoms with Crippen molar-refractivity contribution in [1.82, 2.24) is 0 Å². The van der Waals surface area contributed by atoms with Crippen LogP contribution in [0.2, 0.25) is 0 Å². The smallest absolute Gasteiger partial charge is 0.249 e. The highest BCUT2D eigenvalue weighted by atomic mass is 16.4. The van der Waals surface area contributed by atoms with Crippen LogP contribution in [0, 0.1) is 12.3 Å². The second-order valence-electron chi connectivity index (χ2n) is 3.14. The van der Waals surface area contributed by atoms with E-state index < -0.39 is 30.3 Å². The van der Waals surface area contributed by atoms with E-state index in [0.29, 0.717) is 0 Å². The summed E-state index contributed by atoms with van der Waals surface area (Å²) in [5.74, 6) is 1.06. The lowest BCUT2D eigenvalue weighted by molar-refractivity contribution is -0.144. The number of terminal acetylenes is 1. The fourth-order valence-corrected chi connectivity index (χ4v) is 0.985. The quantitative estimate of drug-likeness (QED) is 0.310. The van der Waals surface area contributed by atoms with Crippen molar-refractivity contribution in [3.63, 3.8) is 0 Å². The summed E-state index contributed by atoms with van der Waals surface area (Å²) in [4.78, 5) is 10.5. The minimum Gasteiger partial charge on any atom is -0.390 e. The van der Waals surface area contributed by atoms with Gasteiger partial charge in [0.2, 0.25) is 5.91 Å². The number of aliphatic hydroxyl groups excluding tert-OH is 4. The molecule has 4 unspecified atom stereocenters. The molecular weight excluding hydrogens is 202 g/mol. The SMILES string of the molecule is C#CCCC(O)C(O)C(O)C(O)C(N)=O. The summed E-state index contributed by atoms with van der Waals surface area (Å²) >= 11 is 0. The van der Waals surface area contributed by atoms with Gasteiger partial charge in [0.15, 0.2) is 6.10 Å². The van der Waals surface area contributed by atoms with Crippen LogP contribution in [-0.2, 0) is 4.79 Å². The van der Waals surface area contributed by atoms with Crippen molar-refractivity contribution in [2.45, 2.75) is 37.3 Å². The number of amides is 1. The van der Waals surface area contributed by atoms with E-state index in [0.717, 1.165) is 0 Å². The summed E-state index contributed by atoms with van der Waals surface area (Å²) in [6.45, 7) is 0. The molecule has 15 heavy (non-hydrogen) atoms. The second kappa shape index (κ2) is 6.37. The number of hydrogen-bond donors (Lipinski definition) is 5. The zero-order valence-corrected chi connectivity index (χ0v) is 8.08. The van der Waals surface area contributed by atoms with E-state index >= 15 is 0 Å². The first-order chi connectivity index (χ1) is 6.91. The van der Waals surface area contributed by atoms with E-state index in [1.54, 1.807) is 0 Å². The Bertz CT molecular complexity index is 249. The maximum absolute atomic E-state index is 10.5. The van der Waals surface area contributed by atoms with Crippen LogP contribution in [0.1, 0.15) is 12.8 Å². The van der Waals surface area contributed by atoms with Crippen LogP contribution in [0.3, 0.4) is 0 Å². The van der Waals surface area contributed by atoms with Crippen LogP contribution in [0.5, 0.6) is 0 Å². The van der Waals surface area contributed by atoms with E-state index in [-0.39, 0.29) is 12.8 Å². The number of carbonyl (C=O) groups is 1. The van der Waals surface area contributed by atoms with Gasteiger partial charge in [0.25, 0.3) is 0 Å². The first-order valence-corrected chi connectivity index (χ1v) is 4.36. The third-order valence-electron chi connectivity index (χ3n) is 1.94. The van der Waals surface area contributed by atoms with Gasteiger partial charge in [-0.1, -0.05) is 0 Å². The second-order valence-corrected chi connectivity index (χ2v) is 3.14. The lowest BCUT2D eigenvalue weighted by Crippen LogP contribution is -2.49. The van der Waals surface area contributed by atoms with Crippen LogP contribution in [0.4, 0.5) is 0 Å². The van der Waals surface area contributed by atoms with E-state index in [1.165, 1.54) is 0 Å². The van der Waals surface area contributed by atoms with Crippen molar-refractivity contribution < 1.29 is 25.2 Å².